The second kappa shape index (κ2) is 4.08. The predicted molar refractivity (Wildman–Crippen MR) is 81.3 cm³/mol. The van der Waals surface area contributed by atoms with Crippen molar-refractivity contribution >= 4 is 28.2 Å². The maximum Gasteiger partial charge on any atom is 0.238 e. The van der Waals surface area contributed by atoms with Crippen molar-refractivity contribution in [3.8, 4) is 6.07 Å². The van der Waals surface area contributed by atoms with Gasteiger partial charge in [0.05, 0.1) is 17.4 Å². The molecule has 2 fully saturated rings. The van der Waals surface area contributed by atoms with Crippen molar-refractivity contribution in [2.45, 2.75) is 25.7 Å². The van der Waals surface area contributed by atoms with Gasteiger partial charge in [-0.05, 0) is 43.1 Å². The molecule has 2 heterocycles. The van der Waals surface area contributed by atoms with Gasteiger partial charge < -0.3 is 0 Å². The molecule has 0 N–H and O–H groups in total. The van der Waals surface area contributed by atoms with Crippen molar-refractivity contribution in [1.29, 1.82) is 5.26 Å². The number of allylic oxidation sites excluding steroid dienone is 2. The van der Waals surface area contributed by atoms with Gasteiger partial charge >= 0.3 is 0 Å². The molecule has 0 unspecified atom stereocenters. The molecule has 1 saturated carbocycles. The Kier molecular flexibility index (Phi) is 2.34. The molecule has 1 aliphatic heterocycles. The monoisotopic (exact) mass is 310 g/mol. The Hall–Kier alpha value is -1.93. The van der Waals surface area contributed by atoms with Crippen LogP contribution in [0.1, 0.15) is 28.8 Å². The van der Waals surface area contributed by atoms with Gasteiger partial charge in [-0.2, -0.15) is 5.26 Å². The van der Waals surface area contributed by atoms with Crippen molar-refractivity contribution in [1.82, 2.24) is 0 Å². The molecule has 4 atom stereocenters. The quantitative estimate of drug-likeness (QED) is 0.591. The first-order valence-electron chi connectivity index (χ1n) is 7.81. The molecular formula is C17H14N2O2S. The lowest BCUT2D eigenvalue weighted by Gasteiger charge is -2.16. The highest BCUT2D eigenvalue weighted by Crippen LogP contribution is 2.54. The Labute approximate surface area is 132 Å². The van der Waals surface area contributed by atoms with Crippen LogP contribution in [0.15, 0.2) is 12.2 Å². The van der Waals surface area contributed by atoms with E-state index in [1.165, 1.54) is 21.1 Å². The minimum atomic E-state index is -0.189. The zero-order valence-electron chi connectivity index (χ0n) is 11.9. The summed E-state index contributed by atoms with van der Waals surface area (Å²) in [5.41, 5.74) is 1.64. The summed E-state index contributed by atoms with van der Waals surface area (Å²) in [6.07, 6.45) is 8.06. The number of imide groups is 1. The Morgan fingerprint density at radius 3 is 2.45 bits per heavy atom. The second-order valence-corrected chi connectivity index (χ2v) is 7.74. The van der Waals surface area contributed by atoms with Crippen LogP contribution in [0.3, 0.4) is 0 Å². The summed E-state index contributed by atoms with van der Waals surface area (Å²) in [6, 6.07) is 2.25. The van der Waals surface area contributed by atoms with Crippen LogP contribution >= 0.6 is 11.3 Å². The molecular weight excluding hydrogens is 296 g/mol. The van der Waals surface area contributed by atoms with Crippen LogP contribution in [0, 0.1) is 35.0 Å². The number of carbonyl (C=O) groups is 2. The van der Waals surface area contributed by atoms with Crippen LogP contribution < -0.4 is 4.90 Å². The number of nitrogens with zero attached hydrogens (tertiary/aromatic N) is 2. The summed E-state index contributed by atoms with van der Waals surface area (Å²) in [6.45, 7) is 0. The first kappa shape index (κ1) is 12.6. The van der Waals surface area contributed by atoms with E-state index in [4.69, 9.17) is 0 Å². The van der Waals surface area contributed by atoms with E-state index in [1.54, 1.807) is 0 Å². The van der Waals surface area contributed by atoms with Gasteiger partial charge in [0.2, 0.25) is 11.8 Å². The molecule has 2 bridgehead atoms. The van der Waals surface area contributed by atoms with Crippen LogP contribution in [0.2, 0.25) is 0 Å². The number of hydrogen-bond donors (Lipinski definition) is 0. The van der Waals surface area contributed by atoms with Gasteiger partial charge in [0.15, 0.2) is 0 Å². The van der Waals surface area contributed by atoms with E-state index in [0.29, 0.717) is 10.6 Å². The molecule has 1 aromatic rings. The number of aryl methyl sites for hydroxylation is 1. The fourth-order valence-electron chi connectivity index (χ4n) is 4.77. The van der Waals surface area contributed by atoms with Crippen LogP contribution in [-0.2, 0) is 22.4 Å². The molecule has 3 aliphatic carbocycles. The summed E-state index contributed by atoms with van der Waals surface area (Å²) < 4.78 is 0. The maximum absolute atomic E-state index is 12.9. The molecule has 22 heavy (non-hydrogen) atoms. The number of nitriles is 1. The standard InChI is InChI=1S/C17H14N2O2S/c18-7-11-10-2-1-3-12(10)22-17(11)19-15(20)13-8-4-5-9(6-8)14(13)16(19)21/h4-5,8-9,13-14H,1-3,6H2/t8-,9+,13-,14-/m0/s1. The fraction of sp³-hybridized carbons (Fsp3) is 0.471. The average molecular weight is 310 g/mol. The number of thiophene rings is 1. The van der Waals surface area contributed by atoms with Gasteiger partial charge in [0.25, 0.3) is 0 Å². The van der Waals surface area contributed by atoms with Crippen molar-refractivity contribution in [3.05, 3.63) is 28.2 Å². The van der Waals surface area contributed by atoms with E-state index in [9.17, 15) is 14.9 Å². The van der Waals surface area contributed by atoms with Gasteiger partial charge in [-0.25, -0.2) is 4.90 Å². The summed E-state index contributed by atoms with van der Waals surface area (Å²) in [7, 11) is 0. The van der Waals surface area contributed by atoms with Crippen LogP contribution in [0.5, 0.6) is 0 Å². The second-order valence-electron chi connectivity index (χ2n) is 6.66. The lowest BCUT2D eigenvalue weighted by molar-refractivity contribution is -0.123. The molecule has 0 spiro atoms. The van der Waals surface area contributed by atoms with Crippen molar-refractivity contribution < 1.29 is 9.59 Å². The average Bonchev–Trinajstić information content (AvgIpc) is 3.26. The Bertz CT molecular complexity index is 770. The van der Waals surface area contributed by atoms with E-state index in [1.807, 2.05) is 0 Å². The molecule has 110 valence electrons. The Morgan fingerprint density at radius 2 is 1.82 bits per heavy atom. The highest BCUT2D eigenvalue weighted by molar-refractivity contribution is 7.17. The van der Waals surface area contributed by atoms with Crippen molar-refractivity contribution in [3.63, 3.8) is 0 Å². The molecule has 5 heteroatoms. The zero-order valence-corrected chi connectivity index (χ0v) is 12.7. The first-order valence-corrected chi connectivity index (χ1v) is 8.63. The van der Waals surface area contributed by atoms with Gasteiger partial charge in [0.1, 0.15) is 11.1 Å². The number of hydrogen-bond acceptors (Lipinski definition) is 4. The zero-order chi connectivity index (χ0) is 15.0. The maximum atomic E-state index is 12.9. The molecule has 0 aromatic carbocycles. The summed E-state index contributed by atoms with van der Waals surface area (Å²) in [5.74, 6) is -0.105. The number of rotatable bonds is 1. The van der Waals surface area contributed by atoms with Crippen molar-refractivity contribution in [2.24, 2.45) is 23.7 Å². The van der Waals surface area contributed by atoms with Gasteiger partial charge in [-0.3, -0.25) is 9.59 Å². The van der Waals surface area contributed by atoms with E-state index in [0.717, 1.165) is 31.2 Å². The lowest BCUT2D eigenvalue weighted by atomic mass is 9.85. The SMILES string of the molecule is N#Cc1c(N2C(=O)[C@@H]3[C@@H](C2=O)[C@H]2C=C[C@@H]3C2)sc2c1CCC2. The van der Waals surface area contributed by atoms with Gasteiger partial charge in [0, 0.05) is 4.88 Å². The van der Waals surface area contributed by atoms with Crippen LogP contribution in [0.4, 0.5) is 5.00 Å². The van der Waals surface area contributed by atoms with Gasteiger partial charge in [-0.1, -0.05) is 12.2 Å². The highest BCUT2D eigenvalue weighted by atomic mass is 32.1. The summed E-state index contributed by atoms with van der Waals surface area (Å²) in [4.78, 5) is 28.2. The Morgan fingerprint density at radius 1 is 1.14 bits per heavy atom. The predicted octanol–water partition coefficient (Wildman–Crippen LogP) is 2.42. The molecule has 4 aliphatic rings. The van der Waals surface area contributed by atoms with Crippen LogP contribution in [-0.4, -0.2) is 11.8 Å². The topological polar surface area (TPSA) is 61.2 Å². The number of carbonyl (C=O) groups excluding carboxylic acids is 2. The van der Waals surface area contributed by atoms with E-state index >= 15 is 0 Å². The largest absolute Gasteiger partial charge is 0.274 e. The third-order valence-corrected chi connectivity index (χ3v) is 6.96. The third-order valence-electron chi connectivity index (χ3n) is 5.69. The number of amides is 2. The number of fused-ring (bicyclic) bond motifs is 6. The normalized spacial score (nSPS) is 34.4. The van der Waals surface area contributed by atoms with Crippen LogP contribution in [0.25, 0.3) is 0 Å². The molecule has 1 saturated heterocycles. The third kappa shape index (κ3) is 1.32. The van der Waals surface area contributed by atoms with Gasteiger partial charge in [-0.15, -0.1) is 11.3 Å². The molecule has 2 amide bonds. The Balaban J connectivity index is 1.62. The summed E-state index contributed by atoms with van der Waals surface area (Å²) in [5, 5.41) is 10.1. The van der Waals surface area contributed by atoms with E-state index < -0.39 is 0 Å². The minimum absolute atomic E-state index is 0.0803. The van der Waals surface area contributed by atoms with Crippen molar-refractivity contribution in [2.75, 3.05) is 4.90 Å². The lowest BCUT2D eigenvalue weighted by Crippen LogP contribution is -2.32. The molecule has 4 nitrogen and oxygen atoms in total. The molecule has 1 aromatic heterocycles. The first-order chi connectivity index (χ1) is 10.7. The number of anilines is 1. The molecule has 5 rings (SSSR count). The molecule has 0 radical (unpaired) electrons. The fourth-order valence-corrected chi connectivity index (χ4v) is 6.11. The van der Waals surface area contributed by atoms with E-state index in [2.05, 4.69) is 18.2 Å². The minimum Gasteiger partial charge on any atom is -0.274 e. The highest BCUT2D eigenvalue weighted by Gasteiger charge is 2.60. The van der Waals surface area contributed by atoms with E-state index in [-0.39, 0.29) is 35.5 Å². The summed E-state index contributed by atoms with van der Waals surface area (Å²) >= 11 is 1.48. The smallest absolute Gasteiger partial charge is 0.238 e.